The van der Waals surface area contributed by atoms with Crippen LogP contribution in [-0.2, 0) is 0 Å². The summed E-state index contributed by atoms with van der Waals surface area (Å²) in [5.41, 5.74) is 0.435. The van der Waals surface area contributed by atoms with Gasteiger partial charge in [0.05, 0.1) is 0 Å². The minimum absolute atomic E-state index is 0.0522. The monoisotopic (exact) mass is 257 g/mol. The van der Waals surface area contributed by atoms with Crippen molar-refractivity contribution in [2.45, 2.75) is 30.6 Å². The summed E-state index contributed by atoms with van der Waals surface area (Å²) in [6, 6.07) is 4.26. The predicted molar refractivity (Wildman–Crippen MR) is 68.3 cm³/mol. The fraction of sp³-hybridized carbons (Fsp3) is 0.538. The summed E-state index contributed by atoms with van der Waals surface area (Å²) in [6.45, 7) is 2.12. The molecule has 1 heterocycles. The van der Waals surface area contributed by atoms with Gasteiger partial charge in [-0.3, -0.25) is 0 Å². The van der Waals surface area contributed by atoms with E-state index in [-0.39, 0.29) is 10.8 Å². The number of benzene rings is 1. The van der Waals surface area contributed by atoms with E-state index in [4.69, 9.17) is 0 Å². The largest absolute Gasteiger partial charge is 0.312 e. The highest BCUT2D eigenvalue weighted by Gasteiger charge is 2.39. The average molecular weight is 257 g/mol. The lowest BCUT2D eigenvalue weighted by atomic mass is 9.90. The van der Waals surface area contributed by atoms with Crippen molar-refractivity contribution < 1.29 is 8.78 Å². The van der Waals surface area contributed by atoms with Gasteiger partial charge in [-0.2, -0.15) is 11.8 Å². The number of hydrogen-bond donors (Lipinski definition) is 1. The van der Waals surface area contributed by atoms with Gasteiger partial charge in [-0.1, -0.05) is 12.1 Å². The van der Waals surface area contributed by atoms with Crippen molar-refractivity contribution in [3.05, 3.63) is 35.4 Å². The SMILES string of the molecule is CNC(c1cccc(F)c1F)C1(C)CCCS1. The number of halogens is 2. The minimum Gasteiger partial charge on any atom is -0.312 e. The Bertz CT molecular complexity index is 402. The fourth-order valence-corrected chi connectivity index (χ4v) is 4.02. The lowest BCUT2D eigenvalue weighted by Gasteiger charge is -2.33. The van der Waals surface area contributed by atoms with E-state index in [2.05, 4.69) is 12.2 Å². The van der Waals surface area contributed by atoms with E-state index in [9.17, 15) is 8.78 Å². The third-order valence-corrected chi connectivity index (χ3v) is 5.03. The van der Waals surface area contributed by atoms with Gasteiger partial charge in [0, 0.05) is 16.4 Å². The van der Waals surface area contributed by atoms with E-state index in [1.807, 2.05) is 11.8 Å². The molecule has 1 saturated heterocycles. The summed E-state index contributed by atoms with van der Waals surface area (Å²) in [5, 5.41) is 3.14. The van der Waals surface area contributed by atoms with Gasteiger partial charge in [0.15, 0.2) is 11.6 Å². The van der Waals surface area contributed by atoms with E-state index in [1.165, 1.54) is 0 Å². The van der Waals surface area contributed by atoms with Gasteiger partial charge < -0.3 is 5.32 Å². The first-order valence-electron chi connectivity index (χ1n) is 5.83. The summed E-state index contributed by atoms with van der Waals surface area (Å²) in [4.78, 5) is 0. The third kappa shape index (κ3) is 2.33. The Balaban J connectivity index is 2.38. The second kappa shape index (κ2) is 4.94. The first-order valence-corrected chi connectivity index (χ1v) is 6.82. The molecule has 94 valence electrons. The zero-order valence-corrected chi connectivity index (χ0v) is 10.9. The predicted octanol–water partition coefficient (Wildman–Crippen LogP) is 3.51. The molecule has 4 heteroatoms. The molecule has 0 aliphatic carbocycles. The molecule has 1 aliphatic rings. The number of nitrogens with one attached hydrogen (secondary N) is 1. The summed E-state index contributed by atoms with van der Waals surface area (Å²) >= 11 is 1.84. The van der Waals surface area contributed by atoms with Crippen LogP contribution < -0.4 is 5.32 Å². The molecular weight excluding hydrogens is 240 g/mol. The van der Waals surface area contributed by atoms with Crippen molar-refractivity contribution in [2.75, 3.05) is 12.8 Å². The zero-order valence-electron chi connectivity index (χ0n) is 10.1. The first-order chi connectivity index (χ1) is 8.08. The lowest BCUT2D eigenvalue weighted by Crippen LogP contribution is -2.36. The summed E-state index contributed by atoms with van der Waals surface area (Å²) < 4.78 is 27.1. The van der Waals surface area contributed by atoms with Gasteiger partial charge in [-0.15, -0.1) is 0 Å². The second-order valence-electron chi connectivity index (χ2n) is 4.63. The van der Waals surface area contributed by atoms with Crippen LogP contribution in [0.4, 0.5) is 8.78 Å². The van der Waals surface area contributed by atoms with Gasteiger partial charge in [-0.25, -0.2) is 8.78 Å². The molecule has 0 bridgehead atoms. The molecule has 1 nitrogen and oxygen atoms in total. The highest BCUT2D eigenvalue weighted by molar-refractivity contribution is 8.00. The minimum atomic E-state index is -0.769. The van der Waals surface area contributed by atoms with E-state index < -0.39 is 11.6 Å². The molecule has 1 aromatic rings. The quantitative estimate of drug-likeness (QED) is 0.889. The Labute approximate surface area is 105 Å². The van der Waals surface area contributed by atoms with Gasteiger partial charge in [0.1, 0.15) is 0 Å². The van der Waals surface area contributed by atoms with Crippen LogP contribution in [0.25, 0.3) is 0 Å². The molecule has 0 amide bonds. The third-order valence-electron chi connectivity index (χ3n) is 3.44. The lowest BCUT2D eigenvalue weighted by molar-refractivity contribution is 0.410. The highest BCUT2D eigenvalue weighted by Crippen LogP contribution is 2.46. The molecule has 0 radical (unpaired) electrons. The summed E-state index contributed by atoms with van der Waals surface area (Å²) in [6.07, 6.45) is 2.16. The Morgan fingerprint density at radius 2 is 2.18 bits per heavy atom. The second-order valence-corrected chi connectivity index (χ2v) is 6.26. The van der Waals surface area contributed by atoms with Crippen LogP contribution in [0.2, 0.25) is 0 Å². The number of hydrogen-bond acceptors (Lipinski definition) is 2. The van der Waals surface area contributed by atoms with Crippen molar-refractivity contribution >= 4 is 11.8 Å². The molecule has 17 heavy (non-hydrogen) atoms. The molecule has 0 aromatic heterocycles. The molecular formula is C13H17F2NS. The van der Waals surface area contributed by atoms with Crippen molar-refractivity contribution in [3.8, 4) is 0 Å². The van der Waals surface area contributed by atoms with E-state index in [1.54, 1.807) is 19.2 Å². The molecule has 2 atom stereocenters. The van der Waals surface area contributed by atoms with Gasteiger partial charge in [-0.05, 0) is 38.6 Å². The topological polar surface area (TPSA) is 12.0 Å². The van der Waals surface area contributed by atoms with Crippen LogP contribution in [0.15, 0.2) is 18.2 Å². The molecule has 2 unspecified atom stereocenters. The highest BCUT2D eigenvalue weighted by atomic mass is 32.2. The molecule has 1 aliphatic heterocycles. The first kappa shape index (κ1) is 12.8. The summed E-state index contributed by atoms with van der Waals surface area (Å²) in [5.74, 6) is -0.402. The molecule has 1 aromatic carbocycles. The summed E-state index contributed by atoms with van der Waals surface area (Å²) in [7, 11) is 1.80. The van der Waals surface area contributed by atoms with E-state index in [0.717, 1.165) is 24.7 Å². The van der Waals surface area contributed by atoms with Crippen LogP contribution in [-0.4, -0.2) is 17.5 Å². The van der Waals surface area contributed by atoms with Crippen LogP contribution in [0.1, 0.15) is 31.4 Å². The van der Waals surface area contributed by atoms with Gasteiger partial charge in [0.2, 0.25) is 0 Å². The number of rotatable bonds is 3. The molecule has 1 N–H and O–H groups in total. The van der Waals surface area contributed by atoms with Crippen molar-refractivity contribution in [2.24, 2.45) is 0 Å². The van der Waals surface area contributed by atoms with Crippen LogP contribution in [0.5, 0.6) is 0 Å². The van der Waals surface area contributed by atoms with Crippen molar-refractivity contribution in [3.63, 3.8) is 0 Å². The Morgan fingerprint density at radius 3 is 2.76 bits per heavy atom. The molecule has 0 spiro atoms. The van der Waals surface area contributed by atoms with Crippen molar-refractivity contribution in [1.82, 2.24) is 5.32 Å². The smallest absolute Gasteiger partial charge is 0.163 e. The van der Waals surface area contributed by atoms with Crippen LogP contribution in [0, 0.1) is 11.6 Å². The van der Waals surface area contributed by atoms with E-state index >= 15 is 0 Å². The number of thioether (sulfide) groups is 1. The van der Waals surface area contributed by atoms with Crippen LogP contribution in [0.3, 0.4) is 0 Å². The Morgan fingerprint density at radius 1 is 1.41 bits per heavy atom. The van der Waals surface area contributed by atoms with Gasteiger partial charge >= 0.3 is 0 Å². The Kier molecular flexibility index (Phi) is 3.73. The fourth-order valence-electron chi connectivity index (χ4n) is 2.56. The normalized spacial score (nSPS) is 26.1. The standard InChI is InChI=1S/C13H17F2NS/c1-13(7-4-8-17-13)12(16-2)9-5-3-6-10(14)11(9)15/h3,5-6,12,16H,4,7-8H2,1-2H3. The van der Waals surface area contributed by atoms with E-state index in [0.29, 0.717) is 5.56 Å². The maximum Gasteiger partial charge on any atom is 0.163 e. The molecule has 1 fully saturated rings. The average Bonchev–Trinajstić information content (AvgIpc) is 2.73. The van der Waals surface area contributed by atoms with Crippen molar-refractivity contribution in [1.29, 1.82) is 0 Å². The van der Waals surface area contributed by atoms with Gasteiger partial charge in [0.25, 0.3) is 0 Å². The maximum atomic E-state index is 13.8. The Hall–Kier alpha value is -0.610. The molecule has 0 saturated carbocycles. The molecule has 2 rings (SSSR count). The maximum absolute atomic E-state index is 13.8. The zero-order chi connectivity index (χ0) is 12.5. The van der Waals surface area contributed by atoms with Crippen LogP contribution >= 0.6 is 11.8 Å².